The summed E-state index contributed by atoms with van der Waals surface area (Å²) in [5.74, 6) is 0.269. The van der Waals surface area contributed by atoms with Crippen molar-refractivity contribution >= 4 is 29.4 Å². The quantitative estimate of drug-likeness (QED) is 0.754. The number of aliphatic hydroxyl groups excluding tert-OH is 1. The highest BCUT2D eigenvalue weighted by atomic mass is 79.9. The molecule has 0 heterocycles. The lowest BCUT2D eigenvalue weighted by Crippen LogP contribution is -1.99. The predicted molar refractivity (Wildman–Crippen MR) is 89.2 cm³/mol. The van der Waals surface area contributed by atoms with Gasteiger partial charge in [0.05, 0.1) is 0 Å². The minimum Gasteiger partial charge on any atom is -0.378 e. The Labute approximate surface area is 132 Å². The molecule has 2 aromatic rings. The van der Waals surface area contributed by atoms with Crippen molar-refractivity contribution in [2.75, 3.05) is 7.11 Å². The molecule has 0 unspecified atom stereocenters. The Kier molecular flexibility index (Phi) is 5.54. The third-order valence-corrected chi connectivity index (χ3v) is 5.71. The van der Waals surface area contributed by atoms with Gasteiger partial charge in [0.25, 0.3) is 7.37 Å². The maximum atomic E-state index is 12.8. The van der Waals surface area contributed by atoms with Gasteiger partial charge in [-0.05, 0) is 29.3 Å². The highest BCUT2D eigenvalue weighted by Crippen LogP contribution is 2.59. The number of benzene rings is 2. The molecule has 2 aromatic carbocycles. The first-order chi connectivity index (χ1) is 10.0. The van der Waals surface area contributed by atoms with Crippen LogP contribution in [0.4, 0.5) is 0 Å². The van der Waals surface area contributed by atoms with Gasteiger partial charge in [0, 0.05) is 17.4 Å². The second kappa shape index (κ2) is 7.19. The number of aliphatic hydroxyl groups is 1. The standard InChI is InChI=1S/C16H16BrO3P/c1-20-21(19,12-11-13-5-3-2-4-6-13)16(18)14-7-9-15(17)10-8-14/h2-12,16,18H,1H3/b12-11+/t16-,21-/m1/s1. The molecule has 0 radical (unpaired) electrons. The number of hydrogen-bond donors (Lipinski definition) is 1. The van der Waals surface area contributed by atoms with E-state index < -0.39 is 13.2 Å². The van der Waals surface area contributed by atoms with Crippen molar-refractivity contribution in [1.82, 2.24) is 0 Å². The maximum Gasteiger partial charge on any atom is 0.256 e. The fourth-order valence-corrected chi connectivity index (χ4v) is 3.56. The van der Waals surface area contributed by atoms with E-state index in [0.717, 1.165) is 10.0 Å². The Morgan fingerprint density at radius 2 is 1.76 bits per heavy atom. The normalized spacial score (nSPS) is 15.8. The molecule has 0 aromatic heterocycles. The van der Waals surface area contributed by atoms with Gasteiger partial charge in [0.2, 0.25) is 0 Å². The first-order valence-corrected chi connectivity index (χ1v) is 8.94. The van der Waals surface area contributed by atoms with Crippen LogP contribution in [-0.4, -0.2) is 12.2 Å². The van der Waals surface area contributed by atoms with E-state index in [2.05, 4.69) is 15.9 Å². The second-order valence-corrected chi connectivity index (χ2v) is 7.84. The van der Waals surface area contributed by atoms with Crippen molar-refractivity contribution in [1.29, 1.82) is 0 Å². The summed E-state index contributed by atoms with van der Waals surface area (Å²) in [4.78, 5) is 0. The van der Waals surface area contributed by atoms with Crippen molar-refractivity contribution in [3.8, 4) is 0 Å². The van der Waals surface area contributed by atoms with Gasteiger partial charge in [-0.15, -0.1) is 0 Å². The van der Waals surface area contributed by atoms with Crippen molar-refractivity contribution in [2.45, 2.75) is 5.85 Å². The predicted octanol–water partition coefficient (Wildman–Crippen LogP) is 5.04. The molecule has 2 atom stereocenters. The van der Waals surface area contributed by atoms with Gasteiger partial charge in [-0.3, -0.25) is 4.57 Å². The van der Waals surface area contributed by atoms with Crippen LogP contribution in [-0.2, 0) is 9.09 Å². The van der Waals surface area contributed by atoms with Crippen molar-refractivity contribution in [2.24, 2.45) is 0 Å². The second-order valence-electron chi connectivity index (χ2n) is 4.48. The first-order valence-electron chi connectivity index (χ1n) is 6.38. The molecule has 0 aliphatic carbocycles. The minimum absolute atomic E-state index is 0.557. The summed E-state index contributed by atoms with van der Waals surface area (Å²) >= 11 is 3.33. The molecule has 1 N–H and O–H groups in total. The smallest absolute Gasteiger partial charge is 0.256 e. The van der Waals surface area contributed by atoms with Gasteiger partial charge < -0.3 is 9.63 Å². The van der Waals surface area contributed by atoms with Crippen molar-refractivity contribution in [3.05, 3.63) is 76.0 Å². The zero-order chi connectivity index (χ0) is 15.3. The lowest BCUT2D eigenvalue weighted by Gasteiger charge is -2.19. The Morgan fingerprint density at radius 3 is 2.33 bits per heavy atom. The molecule has 21 heavy (non-hydrogen) atoms. The Morgan fingerprint density at radius 1 is 1.14 bits per heavy atom. The lowest BCUT2D eigenvalue weighted by atomic mass is 10.2. The van der Waals surface area contributed by atoms with Gasteiger partial charge >= 0.3 is 0 Å². The average molecular weight is 367 g/mol. The molecule has 5 heteroatoms. The third kappa shape index (κ3) is 4.14. The van der Waals surface area contributed by atoms with E-state index in [9.17, 15) is 9.67 Å². The molecule has 0 saturated heterocycles. The maximum absolute atomic E-state index is 12.8. The van der Waals surface area contributed by atoms with Gasteiger partial charge in [-0.2, -0.15) is 0 Å². The summed E-state index contributed by atoms with van der Waals surface area (Å²) in [6.45, 7) is 0. The van der Waals surface area contributed by atoms with E-state index >= 15 is 0 Å². The van der Waals surface area contributed by atoms with E-state index in [1.165, 1.54) is 12.9 Å². The van der Waals surface area contributed by atoms with Crippen LogP contribution >= 0.6 is 23.3 Å². The molecule has 0 aliphatic rings. The molecule has 0 amide bonds. The summed E-state index contributed by atoms with van der Waals surface area (Å²) < 4.78 is 18.8. The van der Waals surface area contributed by atoms with E-state index in [-0.39, 0.29) is 0 Å². The van der Waals surface area contributed by atoms with Crippen LogP contribution in [0.3, 0.4) is 0 Å². The summed E-state index contributed by atoms with van der Waals surface area (Å²) in [5, 5.41) is 10.4. The third-order valence-electron chi connectivity index (χ3n) is 3.07. The van der Waals surface area contributed by atoms with E-state index in [0.29, 0.717) is 5.56 Å². The van der Waals surface area contributed by atoms with Crippen LogP contribution in [0.1, 0.15) is 17.0 Å². The van der Waals surface area contributed by atoms with Gasteiger partial charge in [0.15, 0.2) is 5.85 Å². The molecular formula is C16H16BrO3P. The summed E-state index contributed by atoms with van der Waals surface area (Å²) in [6, 6.07) is 16.5. The van der Waals surface area contributed by atoms with Crippen LogP contribution < -0.4 is 0 Å². The van der Waals surface area contributed by atoms with Crippen LogP contribution in [0.15, 0.2) is 64.9 Å². The number of hydrogen-bond acceptors (Lipinski definition) is 3. The number of rotatable bonds is 5. The topological polar surface area (TPSA) is 46.5 Å². The van der Waals surface area contributed by atoms with E-state index in [4.69, 9.17) is 4.52 Å². The lowest BCUT2D eigenvalue weighted by molar-refractivity contribution is 0.228. The molecule has 0 fully saturated rings. The Bertz CT molecular complexity index is 653. The fourth-order valence-electron chi connectivity index (χ4n) is 1.84. The molecule has 0 bridgehead atoms. The van der Waals surface area contributed by atoms with Crippen LogP contribution in [0.25, 0.3) is 6.08 Å². The SMILES string of the molecule is CO[P@](=O)(/C=C/c1ccccc1)[C@@H](O)c1ccc(Br)cc1. The monoisotopic (exact) mass is 366 g/mol. The fraction of sp³-hybridized carbons (Fsp3) is 0.125. The average Bonchev–Trinajstić information content (AvgIpc) is 2.53. The highest BCUT2D eigenvalue weighted by Gasteiger charge is 2.30. The molecule has 110 valence electrons. The largest absolute Gasteiger partial charge is 0.378 e. The molecule has 2 rings (SSSR count). The van der Waals surface area contributed by atoms with Crippen molar-refractivity contribution in [3.63, 3.8) is 0 Å². The zero-order valence-electron chi connectivity index (χ0n) is 11.5. The summed E-state index contributed by atoms with van der Waals surface area (Å²) in [5.41, 5.74) is 1.46. The van der Waals surface area contributed by atoms with Crippen LogP contribution in [0.5, 0.6) is 0 Å². The van der Waals surface area contributed by atoms with E-state index in [1.807, 2.05) is 30.3 Å². The Hall–Kier alpha value is -1.19. The molecule has 3 nitrogen and oxygen atoms in total. The van der Waals surface area contributed by atoms with Gasteiger partial charge in [-0.25, -0.2) is 0 Å². The van der Waals surface area contributed by atoms with Gasteiger partial charge in [-0.1, -0.05) is 58.4 Å². The van der Waals surface area contributed by atoms with Crippen molar-refractivity contribution < 1.29 is 14.2 Å². The molecule has 0 spiro atoms. The molecule has 0 saturated carbocycles. The summed E-state index contributed by atoms with van der Waals surface area (Å²) in [7, 11) is -1.99. The zero-order valence-corrected chi connectivity index (χ0v) is 14.0. The minimum atomic E-state index is -3.33. The van der Waals surface area contributed by atoms with Gasteiger partial charge in [0.1, 0.15) is 0 Å². The van der Waals surface area contributed by atoms with Crippen LogP contribution in [0, 0.1) is 0 Å². The van der Waals surface area contributed by atoms with E-state index in [1.54, 1.807) is 30.3 Å². The molecule has 0 aliphatic heterocycles. The molecular weight excluding hydrogens is 351 g/mol. The number of halogens is 1. The Balaban J connectivity index is 2.26. The summed E-state index contributed by atoms with van der Waals surface area (Å²) in [6.07, 6.45) is 1.70. The first kappa shape index (κ1) is 16.2. The van der Waals surface area contributed by atoms with Crippen LogP contribution in [0.2, 0.25) is 0 Å². The highest BCUT2D eigenvalue weighted by molar-refractivity contribution is 9.10.